The first kappa shape index (κ1) is 50.0. The number of amides is 4. The van der Waals surface area contributed by atoms with Crippen molar-refractivity contribution >= 4 is 63.2 Å². The fraction of sp³-hybridized carbons (Fsp3) is 0.404. The second kappa shape index (κ2) is 22.3. The Morgan fingerprint density at radius 3 is 2.72 bits per heavy atom. The zero-order valence-electron chi connectivity index (χ0n) is 40.4. The quantitative estimate of drug-likeness (QED) is 0.0351. The summed E-state index contributed by atoms with van der Waals surface area (Å²) < 4.78 is 55.5. The summed E-state index contributed by atoms with van der Waals surface area (Å²) in [5, 5.41) is 29.3. The van der Waals surface area contributed by atoms with E-state index in [0.29, 0.717) is 35.0 Å². The summed E-state index contributed by atoms with van der Waals surface area (Å²) in [5.74, 6) is 0.00693. The minimum atomic E-state index is -0.950. The van der Waals surface area contributed by atoms with Gasteiger partial charge < -0.3 is 35.6 Å². The number of hydrogen-bond donors (Lipinski definition) is 4. The molecular weight excluding hydrogens is 976 g/mol. The van der Waals surface area contributed by atoms with Gasteiger partial charge in [-0.15, -0.1) is 11.5 Å². The summed E-state index contributed by atoms with van der Waals surface area (Å²) in [4.78, 5) is 60.9. The minimum Gasteiger partial charge on any atom is -0.508 e. The molecule has 4 aliphatic heterocycles. The van der Waals surface area contributed by atoms with Crippen molar-refractivity contribution in [2.24, 2.45) is 0 Å². The van der Waals surface area contributed by atoms with Gasteiger partial charge in [-0.2, -0.15) is 21.7 Å². The average Bonchev–Trinajstić information content (AvgIpc) is 4.23. The number of aryl methyl sites for hydroxylation is 1. The van der Waals surface area contributed by atoms with Crippen LogP contribution in [0.3, 0.4) is 0 Å². The van der Waals surface area contributed by atoms with Gasteiger partial charge in [-0.3, -0.25) is 29.1 Å². The summed E-state index contributed by atoms with van der Waals surface area (Å²) >= 11 is 1.87. The molecule has 384 valence electrons. The molecule has 4 aromatic heterocycles. The molecule has 0 saturated carbocycles. The van der Waals surface area contributed by atoms with E-state index in [4.69, 9.17) is 16.1 Å². The number of anilines is 1. The van der Waals surface area contributed by atoms with Crippen molar-refractivity contribution in [3.63, 3.8) is 0 Å². The van der Waals surface area contributed by atoms with Crippen LogP contribution in [0.2, 0.25) is 0 Å². The first-order valence-corrected chi connectivity index (χ1v) is 25.9. The standard InChI is InChI=1S/C52H54F3N13O5S/c1-2-36-39(53)14-13-31-23-35(69)25-37(44(31)36)46-45(55)47-38(27-58-46)49(66-19-21-67(22-20-66)50(71)40(54)24-32-9-5-6-15-56-32)62-52(61-47)73-29-34-10-7-16-65(34)17-8-18-68-28-33(63-64-68)26-57-43(70)12-4-3-11-42-48-41(30-74-42)59-51(72)60-48/h1,5-6,9,13-15,23-25,27-28,34,41-42,48,69H,3-4,7-8,10-12,16-22,26,29-30H2,(H,57,70)(H2,59,60,72)/b40-24-/t34?,41-,42?,48-/m0/s1. The van der Waals surface area contributed by atoms with Crippen LogP contribution in [0.5, 0.6) is 11.8 Å². The van der Waals surface area contributed by atoms with E-state index < -0.39 is 23.4 Å². The molecular formula is C52H54F3N13O5S. The van der Waals surface area contributed by atoms with Gasteiger partial charge in [-0.25, -0.2) is 18.0 Å². The maximum Gasteiger partial charge on any atom is 0.319 e. The van der Waals surface area contributed by atoms with Crippen LogP contribution in [0.25, 0.3) is 39.0 Å². The first-order valence-electron chi connectivity index (χ1n) is 24.8. The van der Waals surface area contributed by atoms with Gasteiger partial charge in [-0.05, 0) is 74.4 Å². The first-order chi connectivity index (χ1) is 36.0. The summed E-state index contributed by atoms with van der Waals surface area (Å²) in [6.07, 6.45) is 17.2. The molecule has 4 atom stereocenters. The van der Waals surface area contributed by atoms with Crippen LogP contribution in [0, 0.1) is 24.0 Å². The third-order valence-corrected chi connectivity index (χ3v) is 15.5. The second-order valence-corrected chi connectivity index (χ2v) is 20.1. The number of phenolic OH excluding ortho intramolecular Hbond substituents is 1. The number of aromatic hydroxyl groups is 1. The molecule has 18 nitrogen and oxygen atoms in total. The lowest BCUT2D eigenvalue weighted by molar-refractivity contribution is -0.128. The Morgan fingerprint density at radius 1 is 1.03 bits per heavy atom. The number of rotatable bonds is 18. The number of likely N-dealkylation sites (tertiary alicyclic amines) is 1. The summed E-state index contributed by atoms with van der Waals surface area (Å²) in [7, 11) is 0. The fourth-order valence-electron chi connectivity index (χ4n) is 10.3. The molecule has 4 aliphatic rings. The van der Waals surface area contributed by atoms with E-state index in [2.05, 4.69) is 52.0 Å². The van der Waals surface area contributed by atoms with E-state index in [0.717, 1.165) is 63.4 Å². The second-order valence-electron chi connectivity index (χ2n) is 18.8. The predicted molar refractivity (Wildman–Crippen MR) is 272 cm³/mol. The van der Waals surface area contributed by atoms with Gasteiger partial charge in [0.25, 0.3) is 5.91 Å². The molecule has 22 heteroatoms. The number of piperazine rings is 1. The Labute approximate surface area is 428 Å². The normalized spacial score (nSPS) is 19.9. The van der Waals surface area contributed by atoms with Crippen LogP contribution in [-0.4, -0.2) is 143 Å². The van der Waals surface area contributed by atoms with Crippen molar-refractivity contribution < 1.29 is 37.4 Å². The number of pyridine rings is 2. The lowest BCUT2D eigenvalue weighted by atomic mass is 9.96. The zero-order chi connectivity index (χ0) is 51.3. The number of ether oxygens (including phenoxy) is 1. The molecule has 6 aromatic rings. The predicted octanol–water partition coefficient (Wildman–Crippen LogP) is 5.73. The molecule has 2 aromatic carbocycles. The van der Waals surface area contributed by atoms with Crippen LogP contribution in [0.15, 0.2) is 66.9 Å². The number of benzene rings is 2. The SMILES string of the molecule is C#Cc1c(F)ccc2cc(O)cc(-c3ncc4c(N5CCN(C(=O)/C(F)=C/c6ccccn6)CC5)nc(OCC5CCCN5CCCn5cc(CNC(=O)CCCCC6SC[C@@H]7NC(=O)N[C@H]67)nn5)nc4c3F)c12. The summed E-state index contributed by atoms with van der Waals surface area (Å²) in [6.45, 7) is 3.32. The number of thioether (sulfide) groups is 1. The number of urea groups is 1. The summed E-state index contributed by atoms with van der Waals surface area (Å²) in [5.41, 5.74) is 0.546. The van der Waals surface area contributed by atoms with Crippen molar-refractivity contribution in [1.29, 1.82) is 0 Å². The number of hydrogen-bond acceptors (Lipinski definition) is 14. The van der Waals surface area contributed by atoms with Gasteiger partial charge >= 0.3 is 12.0 Å². The van der Waals surface area contributed by atoms with Crippen LogP contribution in [0.4, 0.5) is 23.8 Å². The lowest BCUT2D eigenvalue weighted by Gasteiger charge is -2.35. The van der Waals surface area contributed by atoms with Gasteiger partial charge in [0, 0.05) is 92.2 Å². The number of fused-ring (bicyclic) bond motifs is 3. The van der Waals surface area contributed by atoms with Crippen LogP contribution >= 0.6 is 11.8 Å². The maximum atomic E-state index is 17.2. The highest BCUT2D eigenvalue weighted by atomic mass is 32.2. The number of terminal acetylenes is 1. The van der Waals surface area contributed by atoms with Gasteiger partial charge in [0.2, 0.25) is 5.91 Å². The van der Waals surface area contributed by atoms with E-state index in [1.54, 1.807) is 22.9 Å². The van der Waals surface area contributed by atoms with Crippen molar-refractivity contribution in [2.45, 2.75) is 81.4 Å². The van der Waals surface area contributed by atoms with Crippen molar-refractivity contribution in [3.8, 4) is 35.4 Å². The number of carbonyl (C=O) groups excluding carboxylic acids is 3. The molecule has 8 heterocycles. The number of nitrogens with zero attached hydrogens (tertiary/aromatic N) is 10. The Balaban J connectivity index is 0.789. The number of phenols is 1. The Morgan fingerprint density at radius 2 is 1.89 bits per heavy atom. The molecule has 0 radical (unpaired) electrons. The number of aromatic nitrogens is 7. The van der Waals surface area contributed by atoms with E-state index in [1.807, 2.05) is 22.9 Å². The molecule has 4 amide bonds. The lowest BCUT2D eigenvalue weighted by Crippen LogP contribution is -2.49. The van der Waals surface area contributed by atoms with E-state index in [9.17, 15) is 19.5 Å². The Hall–Kier alpha value is -7.51. The monoisotopic (exact) mass is 1030 g/mol. The minimum absolute atomic E-state index is 0.00846. The average molecular weight is 1030 g/mol. The van der Waals surface area contributed by atoms with Crippen LogP contribution in [-0.2, 0) is 22.7 Å². The van der Waals surface area contributed by atoms with Crippen LogP contribution in [0.1, 0.15) is 61.9 Å². The maximum absolute atomic E-state index is 17.2. The van der Waals surface area contributed by atoms with Crippen molar-refractivity contribution in [1.82, 2.24) is 60.7 Å². The van der Waals surface area contributed by atoms with E-state index >= 15 is 13.2 Å². The summed E-state index contributed by atoms with van der Waals surface area (Å²) in [6, 6.07) is 10.4. The largest absolute Gasteiger partial charge is 0.508 e. The van der Waals surface area contributed by atoms with Gasteiger partial charge in [-0.1, -0.05) is 29.7 Å². The van der Waals surface area contributed by atoms with Crippen molar-refractivity contribution in [2.75, 3.05) is 56.5 Å². The highest BCUT2D eigenvalue weighted by Crippen LogP contribution is 2.39. The molecule has 74 heavy (non-hydrogen) atoms. The number of carbonyl (C=O) groups is 3. The third kappa shape index (κ3) is 11.0. The third-order valence-electron chi connectivity index (χ3n) is 14.0. The van der Waals surface area contributed by atoms with Gasteiger partial charge in [0.1, 0.15) is 40.9 Å². The Kier molecular flexibility index (Phi) is 15.1. The highest BCUT2D eigenvalue weighted by molar-refractivity contribution is 8.00. The smallest absolute Gasteiger partial charge is 0.319 e. The molecule has 4 saturated heterocycles. The molecule has 0 aliphatic carbocycles. The van der Waals surface area contributed by atoms with Crippen molar-refractivity contribution in [3.05, 3.63) is 95.5 Å². The molecule has 4 fully saturated rings. The number of halogens is 3. The van der Waals surface area contributed by atoms with Crippen LogP contribution < -0.4 is 25.6 Å². The molecule has 0 spiro atoms. The number of unbranched alkanes of at least 4 members (excludes halogenated alkanes) is 1. The molecule has 2 unspecified atom stereocenters. The highest BCUT2D eigenvalue weighted by Gasteiger charge is 2.42. The topological polar surface area (TPSA) is 209 Å². The molecule has 4 N–H and O–H groups in total. The van der Waals surface area contributed by atoms with Gasteiger partial charge in [0.15, 0.2) is 11.6 Å². The van der Waals surface area contributed by atoms with Gasteiger partial charge in [0.05, 0.1) is 41.5 Å². The Bertz CT molecular complexity index is 3150. The van der Waals surface area contributed by atoms with E-state index in [1.165, 1.54) is 41.6 Å². The molecule has 0 bridgehead atoms. The molecule has 10 rings (SSSR count). The van der Waals surface area contributed by atoms with E-state index in [-0.39, 0.29) is 120 Å². The number of nitrogens with one attached hydrogen (secondary N) is 3. The fourth-order valence-corrected chi connectivity index (χ4v) is 11.8. The zero-order valence-corrected chi connectivity index (χ0v) is 41.2.